The Labute approximate surface area is 191 Å². The van der Waals surface area contributed by atoms with Gasteiger partial charge in [-0.15, -0.1) is 0 Å². The van der Waals surface area contributed by atoms with Crippen LogP contribution in [0.4, 0.5) is 17.1 Å². The molecule has 32 heavy (non-hydrogen) atoms. The number of hydrogen-bond acceptors (Lipinski definition) is 4. The van der Waals surface area contributed by atoms with Crippen LogP contribution < -0.4 is 15.0 Å². The minimum atomic E-state index is 0.509. The Kier molecular flexibility index (Phi) is 6.79. The van der Waals surface area contributed by atoms with Crippen LogP contribution in [0.15, 0.2) is 54.6 Å². The van der Waals surface area contributed by atoms with Crippen molar-refractivity contribution in [2.45, 2.75) is 46.1 Å². The van der Waals surface area contributed by atoms with Gasteiger partial charge >= 0.3 is 0 Å². The van der Waals surface area contributed by atoms with Crippen LogP contribution in [-0.2, 0) is 24.2 Å². The first-order valence-corrected chi connectivity index (χ1v) is 11.4. The summed E-state index contributed by atoms with van der Waals surface area (Å²) in [5.74, 6) is 0.824. The molecule has 4 rings (SSSR count). The molecular weight excluding hydrogens is 396 g/mol. The molecular formula is C28H32N2O2. The first kappa shape index (κ1) is 21.9. The number of anilines is 3. The summed E-state index contributed by atoms with van der Waals surface area (Å²) < 4.78 is 5.54. The fourth-order valence-corrected chi connectivity index (χ4v) is 4.63. The second kappa shape index (κ2) is 9.90. The molecule has 0 aliphatic carbocycles. The Bertz CT molecular complexity index is 1110. The molecule has 166 valence electrons. The summed E-state index contributed by atoms with van der Waals surface area (Å²) in [6, 6.07) is 19.5. The van der Waals surface area contributed by atoms with Crippen LogP contribution in [0.2, 0.25) is 0 Å². The van der Waals surface area contributed by atoms with Crippen LogP contribution in [0.5, 0.6) is 5.75 Å². The van der Waals surface area contributed by atoms with Crippen molar-refractivity contribution in [1.82, 2.24) is 0 Å². The van der Waals surface area contributed by atoms with Crippen LogP contribution in [0, 0.1) is 13.8 Å². The number of aldehydes is 1. The molecule has 4 heteroatoms. The monoisotopic (exact) mass is 428 g/mol. The van der Waals surface area contributed by atoms with Crippen molar-refractivity contribution in [3.63, 3.8) is 0 Å². The number of methoxy groups -OCH3 is 1. The van der Waals surface area contributed by atoms with Crippen molar-refractivity contribution in [2.24, 2.45) is 0 Å². The van der Waals surface area contributed by atoms with Gasteiger partial charge < -0.3 is 19.7 Å². The van der Waals surface area contributed by atoms with Crippen LogP contribution in [-0.4, -0.2) is 19.9 Å². The van der Waals surface area contributed by atoms with E-state index in [1.165, 1.54) is 40.0 Å². The van der Waals surface area contributed by atoms with Gasteiger partial charge in [0.25, 0.3) is 0 Å². The highest BCUT2D eigenvalue weighted by atomic mass is 16.5. The number of nitrogens with zero attached hydrogens (tertiary/aromatic N) is 1. The molecule has 3 aromatic carbocycles. The van der Waals surface area contributed by atoms with Crippen molar-refractivity contribution in [3.05, 3.63) is 82.4 Å². The molecule has 0 radical (unpaired) electrons. The van der Waals surface area contributed by atoms with Crippen molar-refractivity contribution in [3.8, 4) is 5.75 Å². The normalized spacial score (nSPS) is 12.9. The molecule has 1 N–H and O–H groups in total. The van der Waals surface area contributed by atoms with Crippen LogP contribution in [0.25, 0.3) is 0 Å². The molecule has 0 spiro atoms. The predicted molar refractivity (Wildman–Crippen MR) is 132 cm³/mol. The van der Waals surface area contributed by atoms with Crippen molar-refractivity contribution >= 4 is 23.3 Å². The third-order valence-corrected chi connectivity index (χ3v) is 6.34. The van der Waals surface area contributed by atoms with Crippen LogP contribution in [0.3, 0.4) is 0 Å². The first-order valence-electron chi connectivity index (χ1n) is 11.4. The van der Waals surface area contributed by atoms with E-state index in [1.54, 1.807) is 7.11 Å². The smallest absolute Gasteiger partial charge is 0.124 e. The molecule has 0 atom stereocenters. The molecule has 0 saturated heterocycles. The van der Waals surface area contributed by atoms with Gasteiger partial charge in [-0.05, 0) is 79.1 Å². The summed E-state index contributed by atoms with van der Waals surface area (Å²) in [6.07, 6.45) is 4.46. The highest BCUT2D eigenvalue weighted by Gasteiger charge is 2.22. The Morgan fingerprint density at radius 1 is 1.06 bits per heavy atom. The SMILES string of the molecule is COc1cc(NCc2ccc3c(c2C)N(c2cccc(C)c2)CCC3)ccc1CCC=O. The number of benzene rings is 3. The van der Waals surface area contributed by atoms with E-state index < -0.39 is 0 Å². The van der Waals surface area contributed by atoms with Crippen LogP contribution >= 0.6 is 0 Å². The van der Waals surface area contributed by atoms with E-state index in [4.69, 9.17) is 4.74 Å². The lowest BCUT2D eigenvalue weighted by atomic mass is 9.94. The topological polar surface area (TPSA) is 41.6 Å². The maximum absolute atomic E-state index is 10.7. The number of carbonyl (C=O) groups excluding carboxylic acids is 1. The fraction of sp³-hybridized carbons (Fsp3) is 0.321. The maximum Gasteiger partial charge on any atom is 0.124 e. The molecule has 0 unspecified atom stereocenters. The third-order valence-electron chi connectivity index (χ3n) is 6.34. The molecule has 3 aromatic rings. The lowest BCUT2D eigenvalue weighted by molar-refractivity contribution is -0.107. The Morgan fingerprint density at radius 3 is 2.69 bits per heavy atom. The van der Waals surface area contributed by atoms with Crippen molar-refractivity contribution < 1.29 is 9.53 Å². The highest BCUT2D eigenvalue weighted by Crippen LogP contribution is 2.38. The van der Waals surface area contributed by atoms with E-state index >= 15 is 0 Å². The quantitative estimate of drug-likeness (QED) is 0.438. The van der Waals surface area contributed by atoms with E-state index in [0.717, 1.165) is 42.8 Å². The lowest BCUT2D eigenvalue weighted by Gasteiger charge is -2.34. The largest absolute Gasteiger partial charge is 0.496 e. The molecule has 1 heterocycles. The average molecular weight is 429 g/mol. The van der Waals surface area contributed by atoms with Gasteiger partial charge in [0.2, 0.25) is 0 Å². The van der Waals surface area contributed by atoms with E-state index in [2.05, 4.69) is 66.5 Å². The molecule has 0 amide bonds. The van der Waals surface area contributed by atoms with Gasteiger partial charge in [0, 0.05) is 42.6 Å². The molecule has 0 bridgehead atoms. The van der Waals surface area contributed by atoms with E-state index in [-0.39, 0.29) is 0 Å². The second-order valence-electron chi connectivity index (χ2n) is 8.54. The number of rotatable bonds is 8. The van der Waals surface area contributed by atoms with Crippen molar-refractivity contribution in [2.75, 3.05) is 23.9 Å². The molecule has 4 nitrogen and oxygen atoms in total. The van der Waals surface area contributed by atoms with Crippen molar-refractivity contribution in [1.29, 1.82) is 0 Å². The third kappa shape index (κ3) is 4.64. The molecule has 1 aliphatic heterocycles. The zero-order valence-electron chi connectivity index (χ0n) is 19.3. The lowest BCUT2D eigenvalue weighted by Crippen LogP contribution is -2.26. The number of ether oxygens (including phenoxy) is 1. The maximum atomic E-state index is 10.7. The summed E-state index contributed by atoms with van der Waals surface area (Å²) in [7, 11) is 1.68. The van der Waals surface area contributed by atoms with Gasteiger partial charge in [-0.1, -0.05) is 30.3 Å². The zero-order chi connectivity index (χ0) is 22.5. The zero-order valence-corrected chi connectivity index (χ0v) is 19.3. The second-order valence-corrected chi connectivity index (χ2v) is 8.54. The summed E-state index contributed by atoms with van der Waals surface area (Å²) in [6.45, 7) is 6.19. The minimum Gasteiger partial charge on any atom is -0.496 e. The van der Waals surface area contributed by atoms with Gasteiger partial charge in [0.1, 0.15) is 12.0 Å². The van der Waals surface area contributed by atoms with Crippen LogP contribution in [0.1, 0.15) is 40.7 Å². The van der Waals surface area contributed by atoms with E-state index in [0.29, 0.717) is 12.8 Å². The number of carbonyl (C=O) groups is 1. The van der Waals surface area contributed by atoms with Gasteiger partial charge in [0.15, 0.2) is 0 Å². The van der Waals surface area contributed by atoms with Gasteiger partial charge in [0.05, 0.1) is 7.11 Å². The first-order chi connectivity index (χ1) is 15.6. The van der Waals surface area contributed by atoms with Gasteiger partial charge in [-0.25, -0.2) is 0 Å². The molecule has 0 saturated carbocycles. The standard InChI is InChI=1S/C28H32N2O2/c1-20-7-4-10-26(17-20)30-15-5-8-23-11-12-24(21(2)28(23)30)19-29-25-14-13-22(9-6-16-31)27(18-25)32-3/h4,7,10-14,16-18,29H,5-6,8-9,15,19H2,1-3H3. The molecule has 1 aliphatic rings. The summed E-state index contributed by atoms with van der Waals surface area (Å²) in [5, 5.41) is 3.56. The van der Waals surface area contributed by atoms with E-state index in [1.807, 2.05) is 12.1 Å². The Hall–Kier alpha value is -3.27. The summed E-state index contributed by atoms with van der Waals surface area (Å²) in [5.41, 5.74) is 10.1. The summed E-state index contributed by atoms with van der Waals surface area (Å²) >= 11 is 0. The Morgan fingerprint density at radius 2 is 1.91 bits per heavy atom. The fourth-order valence-electron chi connectivity index (χ4n) is 4.63. The number of fused-ring (bicyclic) bond motifs is 1. The summed E-state index contributed by atoms with van der Waals surface area (Å²) in [4.78, 5) is 13.2. The van der Waals surface area contributed by atoms with Gasteiger partial charge in [-0.2, -0.15) is 0 Å². The molecule has 0 fully saturated rings. The Balaban J connectivity index is 1.57. The number of nitrogens with one attached hydrogen (secondary N) is 1. The number of aryl methyl sites for hydroxylation is 3. The predicted octanol–water partition coefficient (Wildman–Crippen LogP) is 6.14. The average Bonchev–Trinajstić information content (AvgIpc) is 2.82. The highest BCUT2D eigenvalue weighted by molar-refractivity contribution is 5.73. The molecule has 0 aromatic heterocycles. The number of hydrogen-bond donors (Lipinski definition) is 1. The minimum absolute atomic E-state index is 0.509. The van der Waals surface area contributed by atoms with E-state index in [9.17, 15) is 4.79 Å². The van der Waals surface area contributed by atoms with Gasteiger partial charge in [-0.3, -0.25) is 0 Å².